The molecule has 0 aliphatic carbocycles. The van der Waals surface area contributed by atoms with Gasteiger partial charge in [-0.3, -0.25) is 9.89 Å². The number of rotatable bonds is 3. The van der Waals surface area contributed by atoms with Crippen molar-refractivity contribution in [1.29, 1.82) is 0 Å². The molecule has 2 aromatic heterocycles. The predicted octanol–water partition coefficient (Wildman–Crippen LogP) is 2.80. The zero-order chi connectivity index (χ0) is 13.9. The number of hydrogen-bond donors (Lipinski definition) is 1. The lowest BCUT2D eigenvalue weighted by Gasteiger charge is -2.01. The fourth-order valence-electron chi connectivity index (χ4n) is 2.01. The van der Waals surface area contributed by atoms with Gasteiger partial charge in [0.25, 0.3) is 5.56 Å². The molecular weight excluding hydrogens is 274 g/mol. The van der Waals surface area contributed by atoms with Crippen molar-refractivity contribution in [3.05, 3.63) is 81.4 Å². The highest BCUT2D eigenvalue weighted by Gasteiger charge is 2.06. The average Bonchev–Trinajstić information content (AvgIpc) is 2.83. The topological polar surface area (TPSA) is 50.7 Å². The van der Waals surface area contributed by atoms with Crippen LogP contribution >= 0.6 is 11.6 Å². The van der Waals surface area contributed by atoms with Crippen molar-refractivity contribution in [3.63, 3.8) is 0 Å². The average molecular weight is 286 g/mol. The zero-order valence-corrected chi connectivity index (χ0v) is 11.3. The minimum absolute atomic E-state index is 0.118. The molecule has 2 heterocycles. The van der Waals surface area contributed by atoms with E-state index in [1.807, 2.05) is 36.4 Å². The van der Waals surface area contributed by atoms with Gasteiger partial charge in [0, 0.05) is 29.4 Å². The van der Waals surface area contributed by atoms with Crippen LogP contribution in [0.2, 0.25) is 5.02 Å². The molecule has 0 amide bonds. The molecule has 0 bridgehead atoms. The van der Waals surface area contributed by atoms with Gasteiger partial charge in [0.2, 0.25) is 0 Å². The lowest BCUT2D eigenvalue weighted by atomic mass is 10.1. The van der Waals surface area contributed by atoms with E-state index >= 15 is 0 Å². The molecule has 0 radical (unpaired) electrons. The van der Waals surface area contributed by atoms with Crippen LogP contribution in [0.4, 0.5) is 0 Å². The van der Waals surface area contributed by atoms with Gasteiger partial charge in [-0.15, -0.1) is 0 Å². The largest absolute Gasteiger partial charge is 0.293 e. The molecule has 0 aliphatic heterocycles. The fourth-order valence-corrected chi connectivity index (χ4v) is 2.14. The number of H-pyrrole nitrogens is 1. The van der Waals surface area contributed by atoms with Crippen molar-refractivity contribution < 1.29 is 0 Å². The van der Waals surface area contributed by atoms with Crippen LogP contribution in [-0.2, 0) is 6.42 Å². The van der Waals surface area contributed by atoms with Crippen molar-refractivity contribution in [3.8, 4) is 5.82 Å². The van der Waals surface area contributed by atoms with Gasteiger partial charge in [0.15, 0.2) is 5.82 Å². The summed E-state index contributed by atoms with van der Waals surface area (Å²) in [5, 5.41) is 3.77. The summed E-state index contributed by atoms with van der Waals surface area (Å²) in [6.45, 7) is 0. The Hall–Kier alpha value is -2.33. The van der Waals surface area contributed by atoms with Crippen molar-refractivity contribution in [1.82, 2.24) is 14.8 Å². The Balaban J connectivity index is 1.89. The van der Waals surface area contributed by atoms with E-state index in [2.05, 4.69) is 10.1 Å². The Bertz CT molecular complexity index is 760. The molecule has 4 nitrogen and oxygen atoms in total. The molecule has 0 saturated carbocycles. The summed E-state index contributed by atoms with van der Waals surface area (Å²) in [5.41, 5.74) is 1.81. The lowest BCUT2D eigenvalue weighted by Crippen LogP contribution is -2.14. The Morgan fingerprint density at radius 2 is 1.95 bits per heavy atom. The quantitative estimate of drug-likeness (QED) is 0.804. The molecule has 0 unspecified atom stereocenters. The van der Waals surface area contributed by atoms with Gasteiger partial charge in [0.05, 0.1) is 0 Å². The number of halogens is 1. The molecule has 3 aromatic rings. The van der Waals surface area contributed by atoms with Crippen LogP contribution in [0.3, 0.4) is 0 Å². The first kappa shape index (κ1) is 12.7. The molecule has 3 rings (SSSR count). The number of nitrogens with one attached hydrogen (secondary N) is 1. The van der Waals surface area contributed by atoms with Gasteiger partial charge in [0.1, 0.15) is 0 Å². The summed E-state index contributed by atoms with van der Waals surface area (Å²) < 4.78 is 1.44. The van der Waals surface area contributed by atoms with E-state index in [0.717, 1.165) is 11.3 Å². The summed E-state index contributed by atoms with van der Waals surface area (Å²) in [7, 11) is 0. The van der Waals surface area contributed by atoms with Crippen LogP contribution in [0.1, 0.15) is 11.3 Å². The van der Waals surface area contributed by atoms with Crippen LogP contribution in [0.25, 0.3) is 5.82 Å². The van der Waals surface area contributed by atoms with Crippen molar-refractivity contribution in [2.24, 2.45) is 0 Å². The maximum Gasteiger partial charge on any atom is 0.272 e. The zero-order valence-electron chi connectivity index (χ0n) is 10.6. The third kappa shape index (κ3) is 2.65. The first-order valence-electron chi connectivity index (χ1n) is 6.19. The second kappa shape index (κ2) is 5.35. The standard InChI is InChI=1S/C15H12ClN3O/c16-12-6-4-11(5-7-12)9-13-10-15(20)19(18-13)14-3-1-2-8-17-14/h1-8,10,18H,9H2. The van der Waals surface area contributed by atoms with Gasteiger partial charge in [-0.2, -0.15) is 0 Å². The van der Waals surface area contributed by atoms with E-state index < -0.39 is 0 Å². The molecule has 100 valence electrons. The molecule has 20 heavy (non-hydrogen) atoms. The van der Waals surface area contributed by atoms with Gasteiger partial charge < -0.3 is 0 Å². The Labute approximate surface area is 120 Å². The normalized spacial score (nSPS) is 10.7. The van der Waals surface area contributed by atoms with Crippen LogP contribution in [0.15, 0.2) is 59.5 Å². The fraction of sp³-hybridized carbons (Fsp3) is 0.0667. The van der Waals surface area contributed by atoms with E-state index in [0.29, 0.717) is 17.3 Å². The molecule has 0 spiro atoms. The highest BCUT2D eigenvalue weighted by Crippen LogP contribution is 2.12. The SMILES string of the molecule is O=c1cc(Cc2ccc(Cl)cc2)[nH]n1-c1ccccn1. The van der Waals surface area contributed by atoms with E-state index in [9.17, 15) is 4.79 Å². The number of hydrogen-bond acceptors (Lipinski definition) is 2. The summed E-state index contributed by atoms with van der Waals surface area (Å²) in [5.74, 6) is 0.583. The molecule has 1 N–H and O–H groups in total. The summed E-state index contributed by atoms with van der Waals surface area (Å²) in [4.78, 5) is 16.1. The molecule has 0 saturated heterocycles. The molecule has 1 aromatic carbocycles. The predicted molar refractivity (Wildman–Crippen MR) is 78.4 cm³/mol. The third-order valence-electron chi connectivity index (χ3n) is 2.96. The Morgan fingerprint density at radius 1 is 1.15 bits per heavy atom. The number of aromatic nitrogens is 3. The summed E-state index contributed by atoms with van der Waals surface area (Å²) in [6.07, 6.45) is 2.30. The summed E-state index contributed by atoms with van der Waals surface area (Å²) in [6, 6.07) is 14.6. The lowest BCUT2D eigenvalue weighted by molar-refractivity contribution is 0.798. The molecule has 5 heteroatoms. The van der Waals surface area contributed by atoms with Gasteiger partial charge in [-0.1, -0.05) is 29.8 Å². The monoisotopic (exact) mass is 285 g/mol. The number of pyridine rings is 1. The first-order chi connectivity index (χ1) is 9.72. The Morgan fingerprint density at radius 3 is 2.65 bits per heavy atom. The van der Waals surface area contributed by atoms with Crippen LogP contribution in [-0.4, -0.2) is 14.8 Å². The minimum atomic E-state index is -0.118. The van der Waals surface area contributed by atoms with Crippen molar-refractivity contribution in [2.75, 3.05) is 0 Å². The van der Waals surface area contributed by atoms with Gasteiger partial charge in [-0.05, 0) is 29.8 Å². The Kier molecular flexibility index (Phi) is 3.39. The molecule has 0 aliphatic rings. The molecular formula is C15H12ClN3O. The maximum absolute atomic E-state index is 12.0. The van der Waals surface area contributed by atoms with Crippen LogP contribution in [0.5, 0.6) is 0 Å². The number of aromatic amines is 1. The first-order valence-corrected chi connectivity index (χ1v) is 6.57. The van der Waals surface area contributed by atoms with E-state index in [-0.39, 0.29) is 5.56 Å². The van der Waals surface area contributed by atoms with Gasteiger partial charge >= 0.3 is 0 Å². The third-order valence-corrected chi connectivity index (χ3v) is 3.21. The molecule has 0 atom stereocenters. The van der Waals surface area contributed by atoms with Crippen LogP contribution in [0, 0.1) is 0 Å². The van der Waals surface area contributed by atoms with E-state index in [1.54, 1.807) is 18.3 Å². The summed E-state index contributed by atoms with van der Waals surface area (Å²) >= 11 is 5.85. The van der Waals surface area contributed by atoms with Gasteiger partial charge in [-0.25, -0.2) is 9.67 Å². The highest BCUT2D eigenvalue weighted by molar-refractivity contribution is 6.30. The van der Waals surface area contributed by atoms with Crippen molar-refractivity contribution >= 4 is 11.6 Å². The number of nitrogens with zero attached hydrogens (tertiary/aromatic N) is 2. The van der Waals surface area contributed by atoms with E-state index in [4.69, 9.17) is 11.6 Å². The smallest absolute Gasteiger partial charge is 0.272 e. The highest BCUT2D eigenvalue weighted by atomic mass is 35.5. The van der Waals surface area contributed by atoms with Crippen molar-refractivity contribution in [2.45, 2.75) is 6.42 Å². The second-order valence-electron chi connectivity index (χ2n) is 4.45. The minimum Gasteiger partial charge on any atom is -0.293 e. The second-order valence-corrected chi connectivity index (χ2v) is 4.88. The maximum atomic E-state index is 12.0. The number of benzene rings is 1. The van der Waals surface area contributed by atoms with E-state index in [1.165, 1.54) is 4.68 Å². The molecule has 0 fully saturated rings. The van der Waals surface area contributed by atoms with Crippen LogP contribution < -0.4 is 5.56 Å².